The normalized spacial score (nSPS) is 11.8. The summed E-state index contributed by atoms with van der Waals surface area (Å²) in [4.78, 5) is 0. The number of hydrogen-bond donors (Lipinski definition) is 1. The molecule has 2 nitrogen and oxygen atoms in total. The molecular formula is C11H12O2. The van der Waals surface area contributed by atoms with Gasteiger partial charge >= 0.3 is 0 Å². The van der Waals surface area contributed by atoms with Gasteiger partial charge in [-0.1, -0.05) is 12.1 Å². The van der Waals surface area contributed by atoms with E-state index in [1.165, 1.54) is 0 Å². The molecule has 0 fully saturated rings. The fourth-order valence-electron chi connectivity index (χ4n) is 1.06. The van der Waals surface area contributed by atoms with Crippen molar-refractivity contribution in [2.45, 2.75) is 12.5 Å². The first-order valence-corrected chi connectivity index (χ1v) is 4.03. The maximum Gasteiger partial charge on any atom is 0.118 e. The van der Waals surface area contributed by atoms with Gasteiger partial charge in [-0.15, -0.1) is 12.3 Å². The Morgan fingerprint density at radius 1 is 1.46 bits per heavy atom. The van der Waals surface area contributed by atoms with E-state index in [1.54, 1.807) is 31.4 Å². The molecule has 0 saturated carbocycles. The van der Waals surface area contributed by atoms with Gasteiger partial charge in [-0.2, -0.15) is 0 Å². The van der Waals surface area contributed by atoms with Crippen LogP contribution in [0, 0.1) is 12.3 Å². The van der Waals surface area contributed by atoms with Crippen LogP contribution < -0.4 is 4.74 Å². The fraction of sp³-hybridized carbons (Fsp3) is 0.273. The Kier molecular flexibility index (Phi) is 3.36. The lowest BCUT2D eigenvalue weighted by molar-refractivity contribution is 0.184. The SMILES string of the molecule is C#CCC(O)c1ccc(OC)cc1. The highest BCUT2D eigenvalue weighted by Gasteiger charge is 2.04. The third-order valence-electron chi connectivity index (χ3n) is 1.81. The van der Waals surface area contributed by atoms with Crippen molar-refractivity contribution in [3.63, 3.8) is 0 Å². The number of terminal acetylenes is 1. The van der Waals surface area contributed by atoms with E-state index in [0.29, 0.717) is 6.42 Å². The molecule has 0 spiro atoms. The zero-order valence-corrected chi connectivity index (χ0v) is 7.53. The van der Waals surface area contributed by atoms with Crippen LogP contribution in [0.3, 0.4) is 0 Å². The van der Waals surface area contributed by atoms with Crippen LogP contribution in [0.5, 0.6) is 5.75 Å². The number of aliphatic hydroxyl groups is 1. The third-order valence-corrected chi connectivity index (χ3v) is 1.81. The molecule has 1 atom stereocenters. The van der Waals surface area contributed by atoms with Gasteiger partial charge in [0.25, 0.3) is 0 Å². The minimum absolute atomic E-state index is 0.340. The van der Waals surface area contributed by atoms with E-state index in [4.69, 9.17) is 11.2 Å². The topological polar surface area (TPSA) is 29.5 Å². The summed E-state index contributed by atoms with van der Waals surface area (Å²) in [5, 5.41) is 9.50. The molecule has 0 saturated heterocycles. The first-order valence-electron chi connectivity index (χ1n) is 4.03. The van der Waals surface area contributed by atoms with Crippen molar-refractivity contribution in [1.82, 2.24) is 0 Å². The van der Waals surface area contributed by atoms with Crippen LogP contribution in [0.4, 0.5) is 0 Å². The molecule has 1 aromatic rings. The molecule has 1 N–H and O–H groups in total. The van der Waals surface area contributed by atoms with Crippen molar-refractivity contribution in [3.8, 4) is 18.1 Å². The van der Waals surface area contributed by atoms with Gasteiger partial charge in [-0.05, 0) is 17.7 Å². The summed E-state index contributed by atoms with van der Waals surface area (Å²) in [6, 6.07) is 7.21. The lowest BCUT2D eigenvalue weighted by Gasteiger charge is -2.07. The zero-order chi connectivity index (χ0) is 9.68. The van der Waals surface area contributed by atoms with Crippen molar-refractivity contribution in [2.24, 2.45) is 0 Å². The minimum atomic E-state index is -0.573. The Labute approximate surface area is 78.2 Å². The van der Waals surface area contributed by atoms with E-state index in [-0.39, 0.29) is 0 Å². The molecular weight excluding hydrogens is 164 g/mol. The maximum absolute atomic E-state index is 9.50. The smallest absolute Gasteiger partial charge is 0.118 e. The molecule has 13 heavy (non-hydrogen) atoms. The quantitative estimate of drug-likeness (QED) is 0.711. The van der Waals surface area contributed by atoms with E-state index in [1.807, 2.05) is 0 Å². The Morgan fingerprint density at radius 2 is 2.08 bits per heavy atom. The van der Waals surface area contributed by atoms with Crippen molar-refractivity contribution in [1.29, 1.82) is 0 Å². The molecule has 0 aliphatic rings. The maximum atomic E-state index is 9.50. The molecule has 0 heterocycles. The average molecular weight is 176 g/mol. The van der Waals surface area contributed by atoms with Crippen molar-refractivity contribution in [3.05, 3.63) is 29.8 Å². The van der Waals surface area contributed by atoms with Crippen LogP contribution >= 0.6 is 0 Å². The molecule has 1 rings (SSSR count). The molecule has 0 aliphatic heterocycles. The lowest BCUT2D eigenvalue weighted by atomic mass is 10.1. The average Bonchev–Trinajstić information content (AvgIpc) is 2.18. The van der Waals surface area contributed by atoms with Gasteiger partial charge in [0.05, 0.1) is 13.2 Å². The molecule has 0 aromatic heterocycles. The molecule has 68 valence electrons. The Bertz CT molecular complexity index is 295. The van der Waals surface area contributed by atoms with Gasteiger partial charge in [0, 0.05) is 6.42 Å². The molecule has 1 unspecified atom stereocenters. The largest absolute Gasteiger partial charge is 0.497 e. The Balaban J connectivity index is 2.74. The van der Waals surface area contributed by atoms with E-state index >= 15 is 0 Å². The molecule has 2 heteroatoms. The number of aliphatic hydroxyl groups excluding tert-OH is 1. The summed E-state index contributed by atoms with van der Waals surface area (Å²) in [6.45, 7) is 0. The van der Waals surface area contributed by atoms with Crippen LogP contribution in [-0.2, 0) is 0 Å². The monoisotopic (exact) mass is 176 g/mol. The highest BCUT2D eigenvalue weighted by molar-refractivity contribution is 5.28. The minimum Gasteiger partial charge on any atom is -0.497 e. The molecule has 0 aliphatic carbocycles. The summed E-state index contributed by atoms with van der Waals surface area (Å²) in [7, 11) is 1.60. The first kappa shape index (κ1) is 9.63. The Morgan fingerprint density at radius 3 is 2.54 bits per heavy atom. The number of methoxy groups -OCH3 is 1. The third kappa shape index (κ3) is 2.50. The predicted octanol–water partition coefficient (Wildman–Crippen LogP) is 1.75. The summed E-state index contributed by atoms with van der Waals surface area (Å²) in [5.74, 6) is 3.19. The van der Waals surface area contributed by atoms with Gasteiger partial charge in [0.15, 0.2) is 0 Å². The highest BCUT2D eigenvalue weighted by Crippen LogP contribution is 2.19. The van der Waals surface area contributed by atoms with Crippen molar-refractivity contribution >= 4 is 0 Å². The van der Waals surface area contributed by atoms with Crippen LogP contribution in [-0.4, -0.2) is 12.2 Å². The van der Waals surface area contributed by atoms with Crippen LogP contribution in [0.2, 0.25) is 0 Å². The van der Waals surface area contributed by atoms with Gasteiger partial charge in [-0.3, -0.25) is 0 Å². The zero-order valence-electron chi connectivity index (χ0n) is 7.53. The molecule has 0 radical (unpaired) electrons. The van der Waals surface area contributed by atoms with E-state index in [2.05, 4.69) is 5.92 Å². The fourth-order valence-corrected chi connectivity index (χ4v) is 1.06. The molecule has 0 amide bonds. The van der Waals surface area contributed by atoms with E-state index in [9.17, 15) is 5.11 Å². The van der Waals surface area contributed by atoms with Crippen LogP contribution in [0.1, 0.15) is 18.1 Å². The second-order valence-electron chi connectivity index (χ2n) is 2.70. The highest BCUT2D eigenvalue weighted by atomic mass is 16.5. The summed E-state index contributed by atoms with van der Waals surface area (Å²) in [6.07, 6.45) is 4.85. The number of hydrogen-bond acceptors (Lipinski definition) is 2. The van der Waals surface area contributed by atoms with E-state index in [0.717, 1.165) is 11.3 Å². The van der Waals surface area contributed by atoms with E-state index < -0.39 is 6.10 Å². The van der Waals surface area contributed by atoms with Gasteiger partial charge in [-0.25, -0.2) is 0 Å². The summed E-state index contributed by atoms with van der Waals surface area (Å²) >= 11 is 0. The number of ether oxygens (including phenoxy) is 1. The second-order valence-corrected chi connectivity index (χ2v) is 2.70. The number of rotatable bonds is 3. The Hall–Kier alpha value is -1.46. The first-order chi connectivity index (χ1) is 6.27. The number of benzene rings is 1. The van der Waals surface area contributed by atoms with Crippen molar-refractivity contribution < 1.29 is 9.84 Å². The standard InChI is InChI=1S/C11H12O2/c1-3-4-11(12)9-5-7-10(13-2)8-6-9/h1,5-8,11-12H,4H2,2H3. The second kappa shape index (κ2) is 4.54. The van der Waals surface area contributed by atoms with Crippen LogP contribution in [0.25, 0.3) is 0 Å². The van der Waals surface area contributed by atoms with Gasteiger partial charge in [0.2, 0.25) is 0 Å². The van der Waals surface area contributed by atoms with Crippen molar-refractivity contribution in [2.75, 3.05) is 7.11 Å². The predicted molar refractivity (Wildman–Crippen MR) is 51.4 cm³/mol. The lowest BCUT2D eigenvalue weighted by Crippen LogP contribution is -1.95. The summed E-state index contributed by atoms with van der Waals surface area (Å²) < 4.78 is 4.99. The van der Waals surface area contributed by atoms with Crippen LogP contribution in [0.15, 0.2) is 24.3 Å². The van der Waals surface area contributed by atoms with Gasteiger partial charge < -0.3 is 9.84 Å². The molecule has 0 bridgehead atoms. The van der Waals surface area contributed by atoms with Gasteiger partial charge in [0.1, 0.15) is 5.75 Å². The summed E-state index contributed by atoms with van der Waals surface area (Å²) in [5.41, 5.74) is 0.818. The molecule has 1 aromatic carbocycles.